The Balaban J connectivity index is 0.00000338. The molecule has 1 aromatic carbocycles. The van der Waals surface area contributed by atoms with Crippen LogP contribution in [0.3, 0.4) is 0 Å². The number of para-hydroxylation sites is 1. The van der Waals surface area contributed by atoms with Crippen LogP contribution in [0.1, 0.15) is 27.2 Å². The molecule has 1 saturated heterocycles. The van der Waals surface area contributed by atoms with Crippen LogP contribution in [0.5, 0.6) is 0 Å². The van der Waals surface area contributed by atoms with E-state index in [1.165, 1.54) is 0 Å². The van der Waals surface area contributed by atoms with Crippen molar-refractivity contribution in [2.75, 3.05) is 43.8 Å². The van der Waals surface area contributed by atoms with Crippen LogP contribution in [-0.2, 0) is 9.84 Å². The number of sulfone groups is 1. The van der Waals surface area contributed by atoms with Gasteiger partial charge in [-0.3, -0.25) is 4.99 Å². The molecule has 8 heteroatoms. The summed E-state index contributed by atoms with van der Waals surface area (Å²) in [5.41, 5.74) is 1.11. The summed E-state index contributed by atoms with van der Waals surface area (Å²) in [6.45, 7) is 8.91. The SMILES string of the molecule is CCNC(=NCCCNc1ccccc1)N1CCS(=O)(=O)C(C)(C)C1.I. The van der Waals surface area contributed by atoms with Gasteiger partial charge >= 0.3 is 0 Å². The molecule has 1 aromatic rings. The molecule has 0 aliphatic carbocycles. The van der Waals surface area contributed by atoms with Crippen LogP contribution >= 0.6 is 24.0 Å². The van der Waals surface area contributed by atoms with Gasteiger partial charge in [-0.05, 0) is 39.3 Å². The van der Waals surface area contributed by atoms with Gasteiger partial charge in [0.05, 0.1) is 10.5 Å². The largest absolute Gasteiger partial charge is 0.385 e. The molecule has 148 valence electrons. The number of rotatable bonds is 6. The van der Waals surface area contributed by atoms with Gasteiger partial charge in [0.15, 0.2) is 15.8 Å². The number of halogens is 1. The van der Waals surface area contributed by atoms with E-state index in [1.54, 1.807) is 13.8 Å². The third kappa shape index (κ3) is 6.29. The van der Waals surface area contributed by atoms with E-state index in [1.807, 2.05) is 37.3 Å². The first-order valence-electron chi connectivity index (χ1n) is 8.90. The Kier molecular flexibility index (Phi) is 9.15. The highest BCUT2D eigenvalue weighted by molar-refractivity contribution is 14.0. The van der Waals surface area contributed by atoms with E-state index < -0.39 is 14.6 Å². The molecule has 0 atom stereocenters. The fourth-order valence-electron chi connectivity index (χ4n) is 2.80. The van der Waals surface area contributed by atoms with Crippen molar-refractivity contribution < 1.29 is 8.42 Å². The van der Waals surface area contributed by atoms with E-state index in [0.29, 0.717) is 19.6 Å². The van der Waals surface area contributed by atoms with Crippen LogP contribution in [-0.4, -0.2) is 62.5 Å². The molecule has 0 unspecified atom stereocenters. The third-order valence-electron chi connectivity index (χ3n) is 4.38. The van der Waals surface area contributed by atoms with Crippen molar-refractivity contribution in [3.8, 4) is 0 Å². The molecule has 6 nitrogen and oxygen atoms in total. The van der Waals surface area contributed by atoms with Crippen LogP contribution in [0.25, 0.3) is 0 Å². The van der Waals surface area contributed by atoms with E-state index >= 15 is 0 Å². The summed E-state index contributed by atoms with van der Waals surface area (Å²) in [5.74, 6) is 0.991. The van der Waals surface area contributed by atoms with E-state index in [2.05, 4.69) is 20.5 Å². The van der Waals surface area contributed by atoms with Crippen molar-refractivity contribution in [3.05, 3.63) is 30.3 Å². The molecular weight excluding hydrogens is 463 g/mol. The lowest BCUT2D eigenvalue weighted by atomic mass is 10.2. The molecule has 1 aliphatic rings. The molecule has 1 fully saturated rings. The summed E-state index contributed by atoms with van der Waals surface area (Å²) in [7, 11) is -3.04. The number of guanidine groups is 1. The second-order valence-corrected chi connectivity index (χ2v) is 9.63. The smallest absolute Gasteiger partial charge is 0.193 e. The summed E-state index contributed by atoms with van der Waals surface area (Å²) in [5, 5.41) is 6.66. The van der Waals surface area contributed by atoms with Crippen LogP contribution in [0, 0.1) is 0 Å². The highest BCUT2D eigenvalue weighted by Crippen LogP contribution is 2.23. The van der Waals surface area contributed by atoms with Gasteiger partial charge in [-0.2, -0.15) is 0 Å². The third-order valence-corrected chi connectivity index (χ3v) is 6.91. The van der Waals surface area contributed by atoms with Gasteiger partial charge in [0.1, 0.15) is 0 Å². The predicted octanol–water partition coefficient (Wildman–Crippen LogP) is 2.58. The van der Waals surface area contributed by atoms with Crippen LogP contribution in [0.4, 0.5) is 5.69 Å². The fourth-order valence-corrected chi connectivity index (χ4v) is 4.17. The summed E-state index contributed by atoms with van der Waals surface area (Å²) >= 11 is 0. The van der Waals surface area contributed by atoms with E-state index in [0.717, 1.165) is 31.2 Å². The average molecular weight is 494 g/mol. The first-order chi connectivity index (χ1) is 11.9. The second kappa shape index (κ2) is 10.3. The van der Waals surface area contributed by atoms with Gasteiger partial charge in [-0.15, -0.1) is 24.0 Å². The Morgan fingerprint density at radius 2 is 1.96 bits per heavy atom. The molecule has 0 saturated carbocycles. The van der Waals surface area contributed by atoms with Gasteiger partial charge in [0.2, 0.25) is 0 Å². The van der Waals surface area contributed by atoms with E-state index in [4.69, 9.17) is 0 Å². The normalized spacial score (nSPS) is 18.7. The lowest BCUT2D eigenvalue weighted by Gasteiger charge is -2.39. The van der Waals surface area contributed by atoms with Gasteiger partial charge in [-0.25, -0.2) is 8.42 Å². The minimum atomic E-state index is -3.04. The summed E-state index contributed by atoms with van der Waals surface area (Å²) in [6.07, 6.45) is 0.916. The van der Waals surface area contributed by atoms with E-state index in [9.17, 15) is 8.42 Å². The highest BCUT2D eigenvalue weighted by atomic mass is 127. The summed E-state index contributed by atoms with van der Waals surface area (Å²) < 4.78 is 23.6. The average Bonchev–Trinajstić information content (AvgIpc) is 2.57. The molecule has 2 rings (SSSR count). The van der Waals surface area contributed by atoms with Crippen molar-refractivity contribution in [2.24, 2.45) is 4.99 Å². The Hall–Kier alpha value is -1.03. The maximum atomic E-state index is 12.2. The van der Waals surface area contributed by atoms with Crippen molar-refractivity contribution in [2.45, 2.75) is 31.9 Å². The van der Waals surface area contributed by atoms with Crippen LogP contribution in [0.2, 0.25) is 0 Å². The minimum Gasteiger partial charge on any atom is -0.385 e. The molecule has 2 N–H and O–H groups in total. The maximum absolute atomic E-state index is 12.2. The van der Waals surface area contributed by atoms with Crippen molar-refractivity contribution in [3.63, 3.8) is 0 Å². The molecule has 26 heavy (non-hydrogen) atoms. The first-order valence-corrected chi connectivity index (χ1v) is 10.6. The Bertz CT molecular complexity index is 678. The van der Waals surface area contributed by atoms with Crippen LogP contribution < -0.4 is 10.6 Å². The molecule has 0 bridgehead atoms. The van der Waals surface area contributed by atoms with Gasteiger partial charge in [0.25, 0.3) is 0 Å². The number of nitrogens with zero attached hydrogens (tertiary/aromatic N) is 2. The van der Waals surface area contributed by atoms with Gasteiger partial charge in [0, 0.05) is 38.4 Å². The molecule has 0 amide bonds. The first kappa shape index (κ1) is 23.0. The second-order valence-electron chi connectivity index (χ2n) is 6.88. The molecule has 1 aliphatic heterocycles. The van der Waals surface area contributed by atoms with Crippen molar-refractivity contribution in [1.29, 1.82) is 0 Å². The number of benzene rings is 1. The highest BCUT2D eigenvalue weighted by Gasteiger charge is 2.40. The standard InChI is InChI=1S/C18H30N4O2S.HI/c1-4-19-17(22-13-14-25(23,24)18(2,3)15-22)21-12-8-11-20-16-9-6-5-7-10-16;/h5-7,9-10,20H,4,8,11-15H2,1-3H3,(H,19,21);1H. The topological polar surface area (TPSA) is 73.8 Å². The summed E-state index contributed by atoms with van der Waals surface area (Å²) in [6, 6.07) is 10.1. The molecule has 0 radical (unpaired) electrons. The van der Waals surface area contributed by atoms with E-state index in [-0.39, 0.29) is 29.7 Å². The minimum absolute atomic E-state index is 0. The Labute approximate surface area is 174 Å². The quantitative estimate of drug-likeness (QED) is 0.275. The number of aliphatic imine (C=N–C) groups is 1. The summed E-state index contributed by atoms with van der Waals surface area (Å²) in [4.78, 5) is 6.74. The predicted molar refractivity (Wildman–Crippen MR) is 120 cm³/mol. The lowest BCUT2D eigenvalue weighted by Crippen LogP contribution is -2.57. The zero-order valence-electron chi connectivity index (χ0n) is 15.9. The zero-order chi connectivity index (χ0) is 18.3. The number of hydrogen-bond donors (Lipinski definition) is 2. The molecule has 1 heterocycles. The number of nitrogens with one attached hydrogen (secondary N) is 2. The molecule has 0 spiro atoms. The van der Waals surface area contributed by atoms with Gasteiger partial charge in [-0.1, -0.05) is 18.2 Å². The van der Waals surface area contributed by atoms with Crippen molar-refractivity contribution in [1.82, 2.24) is 10.2 Å². The number of anilines is 1. The lowest BCUT2D eigenvalue weighted by molar-refractivity contribution is 0.353. The fraction of sp³-hybridized carbons (Fsp3) is 0.611. The number of hydrogen-bond acceptors (Lipinski definition) is 4. The Morgan fingerprint density at radius 1 is 1.27 bits per heavy atom. The maximum Gasteiger partial charge on any atom is 0.193 e. The molecular formula is C18H31IN4O2S. The van der Waals surface area contributed by atoms with Gasteiger partial charge < -0.3 is 15.5 Å². The zero-order valence-corrected chi connectivity index (χ0v) is 19.0. The van der Waals surface area contributed by atoms with Crippen molar-refractivity contribution >= 4 is 45.5 Å². The van der Waals surface area contributed by atoms with Crippen LogP contribution in [0.15, 0.2) is 35.3 Å². The Morgan fingerprint density at radius 3 is 2.58 bits per heavy atom. The monoisotopic (exact) mass is 494 g/mol. The molecule has 0 aromatic heterocycles.